The van der Waals surface area contributed by atoms with Crippen molar-refractivity contribution in [2.24, 2.45) is 5.84 Å². The molecule has 0 spiro atoms. The van der Waals surface area contributed by atoms with E-state index in [4.69, 9.17) is 33.8 Å². The van der Waals surface area contributed by atoms with Gasteiger partial charge in [0.1, 0.15) is 12.4 Å². The third kappa shape index (κ3) is 3.64. The second-order valence-electron chi connectivity index (χ2n) is 4.06. The molecule has 0 unspecified atom stereocenters. The van der Waals surface area contributed by atoms with Gasteiger partial charge in [-0.15, -0.1) is 11.3 Å². The summed E-state index contributed by atoms with van der Waals surface area (Å²) in [5.74, 6) is 5.38. The van der Waals surface area contributed by atoms with Crippen molar-refractivity contribution in [2.45, 2.75) is 13.5 Å². The van der Waals surface area contributed by atoms with Crippen LogP contribution >= 0.6 is 34.5 Å². The van der Waals surface area contributed by atoms with Gasteiger partial charge < -0.3 is 4.74 Å². The quantitative estimate of drug-likeness (QED) is 0.512. The summed E-state index contributed by atoms with van der Waals surface area (Å²) in [5, 5.41) is 1.02. The van der Waals surface area contributed by atoms with Crippen LogP contribution in [0.25, 0.3) is 0 Å². The summed E-state index contributed by atoms with van der Waals surface area (Å²) in [6.07, 6.45) is 0. The molecule has 0 aliphatic heterocycles. The van der Waals surface area contributed by atoms with E-state index in [1.54, 1.807) is 24.3 Å². The Hall–Kier alpha value is -1.27. The molecular weight excluding hydrogens is 319 g/mol. The number of halogens is 2. The number of aryl methyl sites for hydroxylation is 1. The molecule has 0 bridgehead atoms. The van der Waals surface area contributed by atoms with Gasteiger partial charge in [-0.25, -0.2) is 5.84 Å². The van der Waals surface area contributed by atoms with E-state index in [1.807, 2.05) is 6.92 Å². The molecule has 0 fully saturated rings. The molecule has 3 N–H and O–H groups in total. The van der Waals surface area contributed by atoms with Crippen LogP contribution in [0.15, 0.2) is 24.3 Å². The van der Waals surface area contributed by atoms with Crippen molar-refractivity contribution in [1.29, 1.82) is 0 Å². The van der Waals surface area contributed by atoms with E-state index in [0.29, 0.717) is 27.3 Å². The summed E-state index contributed by atoms with van der Waals surface area (Å²) in [6.45, 7) is 2.25. The lowest BCUT2D eigenvalue weighted by molar-refractivity contribution is 0.0957. The van der Waals surface area contributed by atoms with Crippen LogP contribution in [-0.4, -0.2) is 5.91 Å². The molecule has 0 aliphatic rings. The number of rotatable bonds is 4. The minimum atomic E-state index is -0.310. The highest BCUT2D eigenvalue weighted by atomic mass is 35.5. The summed E-state index contributed by atoms with van der Waals surface area (Å²) in [7, 11) is 0. The fourth-order valence-electron chi connectivity index (χ4n) is 1.62. The van der Waals surface area contributed by atoms with Gasteiger partial charge in [0.05, 0.1) is 4.88 Å². The summed E-state index contributed by atoms with van der Waals surface area (Å²) >= 11 is 13.2. The monoisotopic (exact) mass is 330 g/mol. The molecule has 1 aromatic heterocycles. The Kier molecular flexibility index (Phi) is 4.88. The number of nitrogen functional groups attached to an aromatic ring is 1. The maximum absolute atomic E-state index is 11.4. The largest absolute Gasteiger partial charge is 0.489 e. The highest BCUT2D eigenvalue weighted by Gasteiger charge is 2.12. The van der Waals surface area contributed by atoms with Gasteiger partial charge in [-0.1, -0.05) is 23.2 Å². The average molecular weight is 331 g/mol. The number of carbonyl (C=O) groups is 1. The Labute approximate surface area is 130 Å². The fraction of sp³-hybridized carbons (Fsp3) is 0.154. The average Bonchev–Trinajstić information content (AvgIpc) is 2.76. The van der Waals surface area contributed by atoms with Crippen molar-refractivity contribution in [3.05, 3.63) is 49.6 Å². The lowest BCUT2D eigenvalue weighted by Gasteiger charge is -2.06. The minimum Gasteiger partial charge on any atom is -0.489 e. The van der Waals surface area contributed by atoms with Crippen LogP contribution in [0.3, 0.4) is 0 Å². The zero-order chi connectivity index (χ0) is 14.7. The van der Waals surface area contributed by atoms with Crippen molar-refractivity contribution < 1.29 is 9.53 Å². The number of hydrazine groups is 1. The molecule has 7 heteroatoms. The number of carbonyl (C=O) groups excluding carboxylic acids is 1. The minimum absolute atomic E-state index is 0.310. The first-order valence-electron chi connectivity index (χ1n) is 5.68. The standard InChI is InChI=1S/C13H12Cl2N2O2S/c1-7-8(2-12(20-7)13(18)17-16)6-19-11-4-9(14)3-10(15)5-11/h2-5H,6,16H2,1H3,(H,17,18). The summed E-state index contributed by atoms with van der Waals surface area (Å²) in [4.78, 5) is 13.0. The van der Waals surface area contributed by atoms with Gasteiger partial charge in [0.2, 0.25) is 0 Å². The first-order valence-corrected chi connectivity index (χ1v) is 7.26. The molecule has 0 radical (unpaired) electrons. The van der Waals surface area contributed by atoms with Crippen LogP contribution in [0.1, 0.15) is 20.1 Å². The molecule has 0 aliphatic carbocycles. The van der Waals surface area contributed by atoms with E-state index >= 15 is 0 Å². The highest BCUT2D eigenvalue weighted by Crippen LogP contribution is 2.27. The maximum Gasteiger partial charge on any atom is 0.275 e. The van der Waals surface area contributed by atoms with E-state index in [9.17, 15) is 4.79 Å². The molecule has 4 nitrogen and oxygen atoms in total. The molecule has 20 heavy (non-hydrogen) atoms. The highest BCUT2D eigenvalue weighted by molar-refractivity contribution is 7.14. The Morgan fingerprint density at radius 1 is 1.30 bits per heavy atom. The van der Waals surface area contributed by atoms with Gasteiger partial charge in [0.15, 0.2) is 0 Å². The van der Waals surface area contributed by atoms with Gasteiger partial charge in [-0.3, -0.25) is 10.2 Å². The molecule has 0 atom stereocenters. The molecule has 2 rings (SSSR count). The number of nitrogens with two attached hydrogens (primary N) is 1. The van der Waals surface area contributed by atoms with Crippen LogP contribution in [0.4, 0.5) is 0 Å². The predicted octanol–water partition coefficient (Wildman–Crippen LogP) is 3.55. The normalized spacial score (nSPS) is 10.4. The topological polar surface area (TPSA) is 64.4 Å². The van der Waals surface area contributed by atoms with Crippen LogP contribution in [0.2, 0.25) is 10.0 Å². The molecular formula is C13H12Cl2N2O2S. The SMILES string of the molecule is Cc1sc(C(=O)NN)cc1COc1cc(Cl)cc(Cl)c1. The van der Waals surface area contributed by atoms with Crippen LogP contribution in [-0.2, 0) is 6.61 Å². The second kappa shape index (κ2) is 6.45. The number of thiophene rings is 1. The Balaban J connectivity index is 2.10. The fourth-order valence-corrected chi connectivity index (χ4v) is 3.06. The molecule has 1 heterocycles. The number of nitrogens with one attached hydrogen (secondary N) is 1. The zero-order valence-electron chi connectivity index (χ0n) is 10.6. The van der Waals surface area contributed by atoms with E-state index < -0.39 is 0 Å². The van der Waals surface area contributed by atoms with Gasteiger partial charge in [-0.05, 0) is 31.2 Å². The Morgan fingerprint density at radius 3 is 2.55 bits per heavy atom. The van der Waals surface area contributed by atoms with E-state index in [-0.39, 0.29) is 5.91 Å². The lowest BCUT2D eigenvalue weighted by Crippen LogP contribution is -2.29. The van der Waals surface area contributed by atoms with Gasteiger partial charge in [-0.2, -0.15) is 0 Å². The molecule has 1 aromatic carbocycles. The number of hydrogen-bond donors (Lipinski definition) is 2. The summed E-state index contributed by atoms with van der Waals surface area (Å²) in [6, 6.07) is 6.76. The van der Waals surface area contributed by atoms with Crippen molar-refractivity contribution in [3.63, 3.8) is 0 Å². The molecule has 2 aromatic rings. The van der Waals surface area contributed by atoms with E-state index in [2.05, 4.69) is 5.43 Å². The summed E-state index contributed by atoms with van der Waals surface area (Å²) in [5.41, 5.74) is 3.03. The Morgan fingerprint density at radius 2 is 1.95 bits per heavy atom. The Bertz CT molecular complexity index is 623. The third-order valence-corrected chi connectivity index (χ3v) is 4.13. The zero-order valence-corrected chi connectivity index (χ0v) is 12.9. The van der Waals surface area contributed by atoms with Gasteiger partial charge >= 0.3 is 0 Å². The number of ether oxygens (including phenoxy) is 1. The van der Waals surface area contributed by atoms with Crippen molar-refractivity contribution in [3.8, 4) is 5.75 Å². The molecule has 106 valence electrons. The number of amides is 1. The molecule has 0 saturated carbocycles. The first kappa shape index (κ1) is 15.1. The van der Waals surface area contributed by atoms with E-state index in [1.165, 1.54) is 11.3 Å². The van der Waals surface area contributed by atoms with Crippen LogP contribution in [0.5, 0.6) is 5.75 Å². The van der Waals surface area contributed by atoms with Gasteiger partial charge in [0.25, 0.3) is 5.91 Å². The van der Waals surface area contributed by atoms with Crippen molar-refractivity contribution >= 4 is 40.4 Å². The summed E-state index contributed by atoms with van der Waals surface area (Å²) < 4.78 is 5.64. The molecule has 0 saturated heterocycles. The predicted molar refractivity (Wildman–Crippen MR) is 81.5 cm³/mol. The number of hydrogen-bond acceptors (Lipinski definition) is 4. The van der Waals surface area contributed by atoms with Crippen molar-refractivity contribution in [2.75, 3.05) is 0 Å². The lowest BCUT2D eigenvalue weighted by atomic mass is 10.2. The molecule has 1 amide bonds. The maximum atomic E-state index is 11.4. The third-order valence-electron chi connectivity index (χ3n) is 2.61. The van der Waals surface area contributed by atoms with E-state index in [0.717, 1.165) is 10.4 Å². The van der Waals surface area contributed by atoms with Gasteiger partial charge in [0, 0.05) is 20.5 Å². The number of benzene rings is 1. The van der Waals surface area contributed by atoms with Crippen LogP contribution in [0, 0.1) is 6.92 Å². The van der Waals surface area contributed by atoms with Crippen LogP contribution < -0.4 is 16.0 Å². The smallest absolute Gasteiger partial charge is 0.275 e. The van der Waals surface area contributed by atoms with Crippen molar-refractivity contribution in [1.82, 2.24) is 5.43 Å². The second-order valence-corrected chi connectivity index (χ2v) is 6.19. The first-order chi connectivity index (χ1) is 9.49.